The Morgan fingerprint density at radius 1 is 1.07 bits per heavy atom. The van der Waals surface area contributed by atoms with Gasteiger partial charge in [-0.25, -0.2) is 9.07 Å². The van der Waals surface area contributed by atoms with Crippen LogP contribution in [0.4, 0.5) is 4.39 Å². The number of aryl methyl sites for hydroxylation is 1. The summed E-state index contributed by atoms with van der Waals surface area (Å²) in [6, 6.07) is 13.9. The maximum Gasteiger partial charge on any atom is 0.185 e. The van der Waals surface area contributed by atoms with Gasteiger partial charge in [0.15, 0.2) is 11.5 Å². The largest absolute Gasteiger partial charge is 0.305 e. The van der Waals surface area contributed by atoms with Crippen molar-refractivity contribution in [1.29, 1.82) is 5.41 Å². The lowest BCUT2D eigenvalue weighted by Crippen LogP contribution is -2.07. The number of Topliss-reactive ketones (excluding diaryl/α,β-unsaturated/α-hetero) is 1. The molecule has 3 aromatic rings. The molecule has 0 radical (unpaired) electrons. The number of halogens is 1. The van der Waals surface area contributed by atoms with Crippen LogP contribution >= 0.6 is 0 Å². The van der Waals surface area contributed by atoms with Gasteiger partial charge in [0, 0.05) is 12.1 Å². The second-order valence-corrected chi connectivity index (χ2v) is 6.55. The van der Waals surface area contributed by atoms with Gasteiger partial charge >= 0.3 is 0 Å². The highest BCUT2D eigenvalue weighted by Gasteiger charge is 2.16. The summed E-state index contributed by atoms with van der Waals surface area (Å²) in [5.41, 5.74) is 4.42. The molecule has 27 heavy (non-hydrogen) atoms. The number of benzene rings is 2. The van der Waals surface area contributed by atoms with Gasteiger partial charge in [-0.3, -0.25) is 4.79 Å². The Morgan fingerprint density at radius 3 is 2.33 bits per heavy atom. The van der Waals surface area contributed by atoms with Crippen molar-refractivity contribution in [2.24, 2.45) is 0 Å². The molecule has 0 amide bonds. The van der Waals surface area contributed by atoms with E-state index in [2.05, 4.69) is 10.3 Å². The number of carbonyl (C=O) groups is 1. The number of rotatable bonds is 7. The molecule has 1 heterocycles. The van der Waals surface area contributed by atoms with E-state index in [1.54, 1.807) is 23.7 Å². The molecule has 3 rings (SSSR count). The van der Waals surface area contributed by atoms with Crippen LogP contribution in [0.2, 0.25) is 0 Å². The van der Waals surface area contributed by atoms with Gasteiger partial charge in [-0.15, -0.1) is 5.10 Å². The molecular weight excluding hydrogens is 343 g/mol. The van der Waals surface area contributed by atoms with Crippen LogP contribution in [0.15, 0.2) is 48.5 Å². The van der Waals surface area contributed by atoms with Crippen molar-refractivity contribution in [2.45, 2.75) is 33.2 Å². The van der Waals surface area contributed by atoms with Crippen LogP contribution in [0.25, 0.3) is 0 Å². The topological polar surface area (TPSA) is 71.6 Å². The standard InChI is InChI=1S/C21H21FN4O/c1-14(23)18-8-3-16(4-9-18)7-12-20(27)21-15(2)26(25-24-21)13-17-5-10-19(22)11-6-17/h3-6,8-11,23H,7,12-13H2,1-2H3. The van der Waals surface area contributed by atoms with Crippen LogP contribution < -0.4 is 0 Å². The molecule has 0 aliphatic carbocycles. The fraction of sp³-hybridized carbons (Fsp3) is 0.238. The van der Waals surface area contributed by atoms with Gasteiger partial charge in [-0.2, -0.15) is 0 Å². The normalized spacial score (nSPS) is 10.8. The van der Waals surface area contributed by atoms with E-state index in [-0.39, 0.29) is 11.6 Å². The lowest BCUT2D eigenvalue weighted by molar-refractivity contribution is 0.0977. The minimum atomic E-state index is -0.284. The second-order valence-electron chi connectivity index (χ2n) is 6.55. The lowest BCUT2D eigenvalue weighted by Gasteiger charge is -2.05. The molecule has 6 heteroatoms. The fourth-order valence-corrected chi connectivity index (χ4v) is 2.83. The van der Waals surface area contributed by atoms with E-state index in [4.69, 9.17) is 5.41 Å². The Balaban J connectivity index is 1.64. The first-order valence-corrected chi connectivity index (χ1v) is 8.76. The van der Waals surface area contributed by atoms with Crippen LogP contribution in [0.5, 0.6) is 0 Å². The molecule has 2 aromatic carbocycles. The zero-order chi connectivity index (χ0) is 19.4. The first-order chi connectivity index (χ1) is 12.9. The van der Waals surface area contributed by atoms with E-state index >= 15 is 0 Å². The van der Waals surface area contributed by atoms with Gasteiger partial charge in [-0.1, -0.05) is 41.6 Å². The lowest BCUT2D eigenvalue weighted by atomic mass is 10.0. The van der Waals surface area contributed by atoms with Gasteiger partial charge in [-0.05, 0) is 49.1 Å². The summed E-state index contributed by atoms with van der Waals surface area (Å²) >= 11 is 0. The molecular formula is C21H21FN4O. The minimum absolute atomic E-state index is 0.0508. The molecule has 0 atom stereocenters. The van der Waals surface area contributed by atoms with E-state index < -0.39 is 0 Å². The first kappa shape index (κ1) is 18.6. The van der Waals surface area contributed by atoms with Crippen LogP contribution in [0.1, 0.15) is 46.2 Å². The highest BCUT2D eigenvalue weighted by molar-refractivity contribution is 5.96. The monoisotopic (exact) mass is 364 g/mol. The summed E-state index contributed by atoms with van der Waals surface area (Å²) in [6.45, 7) is 4.01. The molecule has 0 spiro atoms. The van der Waals surface area contributed by atoms with E-state index in [0.29, 0.717) is 36.5 Å². The Bertz CT molecular complexity index is 959. The zero-order valence-electron chi connectivity index (χ0n) is 15.4. The van der Waals surface area contributed by atoms with Gasteiger partial charge in [0.05, 0.1) is 12.2 Å². The van der Waals surface area contributed by atoms with Crippen molar-refractivity contribution in [2.75, 3.05) is 0 Å². The average molecular weight is 364 g/mol. The van der Waals surface area contributed by atoms with E-state index in [9.17, 15) is 9.18 Å². The highest BCUT2D eigenvalue weighted by atomic mass is 19.1. The Kier molecular flexibility index (Phi) is 5.54. The maximum atomic E-state index is 13.0. The molecule has 0 unspecified atom stereocenters. The molecule has 1 aromatic heterocycles. The van der Waals surface area contributed by atoms with Crippen LogP contribution in [-0.4, -0.2) is 26.5 Å². The Morgan fingerprint density at radius 2 is 1.70 bits per heavy atom. The number of aromatic nitrogens is 3. The van der Waals surface area contributed by atoms with Gasteiger partial charge < -0.3 is 5.41 Å². The molecule has 0 bridgehead atoms. The minimum Gasteiger partial charge on any atom is -0.305 e. The summed E-state index contributed by atoms with van der Waals surface area (Å²) < 4.78 is 14.7. The van der Waals surface area contributed by atoms with Gasteiger partial charge in [0.2, 0.25) is 0 Å². The first-order valence-electron chi connectivity index (χ1n) is 8.76. The molecule has 0 aliphatic heterocycles. The van der Waals surface area contributed by atoms with E-state index in [1.807, 2.05) is 31.2 Å². The molecule has 1 N–H and O–H groups in total. The van der Waals surface area contributed by atoms with Crippen molar-refractivity contribution in [3.05, 3.63) is 82.4 Å². The van der Waals surface area contributed by atoms with Crippen molar-refractivity contribution in [3.63, 3.8) is 0 Å². The second kappa shape index (κ2) is 8.03. The number of hydrogen-bond donors (Lipinski definition) is 1. The van der Waals surface area contributed by atoms with Crippen LogP contribution in [-0.2, 0) is 13.0 Å². The highest BCUT2D eigenvalue weighted by Crippen LogP contribution is 2.13. The molecule has 138 valence electrons. The third-order valence-corrected chi connectivity index (χ3v) is 4.52. The van der Waals surface area contributed by atoms with E-state index in [0.717, 1.165) is 16.7 Å². The molecule has 0 saturated carbocycles. The summed E-state index contributed by atoms with van der Waals surface area (Å²) in [7, 11) is 0. The number of nitrogens with one attached hydrogen (secondary N) is 1. The van der Waals surface area contributed by atoms with Crippen molar-refractivity contribution in [1.82, 2.24) is 15.0 Å². The molecule has 0 fully saturated rings. The quantitative estimate of drug-likeness (QED) is 0.509. The average Bonchev–Trinajstić information content (AvgIpc) is 3.02. The fourth-order valence-electron chi connectivity index (χ4n) is 2.83. The Labute approximate surface area is 157 Å². The number of ketones is 1. The third kappa shape index (κ3) is 4.53. The van der Waals surface area contributed by atoms with Crippen molar-refractivity contribution >= 4 is 11.5 Å². The molecule has 0 saturated heterocycles. The number of carbonyl (C=O) groups excluding carboxylic acids is 1. The number of nitrogens with zero attached hydrogens (tertiary/aromatic N) is 3. The van der Waals surface area contributed by atoms with Crippen LogP contribution in [0, 0.1) is 18.2 Å². The summed E-state index contributed by atoms with van der Waals surface area (Å²) in [4.78, 5) is 12.5. The van der Waals surface area contributed by atoms with Crippen molar-refractivity contribution < 1.29 is 9.18 Å². The summed E-state index contributed by atoms with van der Waals surface area (Å²) in [5.74, 6) is -0.334. The Hall–Kier alpha value is -3.15. The van der Waals surface area contributed by atoms with E-state index in [1.165, 1.54) is 12.1 Å². The summed E-state index contributed by atoms with van der Waals surface area (Å²) in [6.07, 6.45) is 0.958. The smallest absolute Gasteiger partial charge is 0.185 e. The predicted molar refractivity (Wildman–Crippen MR) is 102 cm³/mol. The predicted octanol–water partition coefficient (Wildman–Crippen LogP) is 3.98. The van der Waals surface area contributed by atoms with Crippen molar-refractivity contribution in [3.8, 4) is 0 Å². The third-order valence-electron chi connectivity index (χ3n) is 4.52. The number of hydrogen-bond acceptors (Lipinski definition) is 4. The SMILES string of the molecule is CC(=N)c1ccc(CCC(=O)c2nnn(Cc3ccc(F)cc3)c2C)cc1. The summed E-state index contributed by atoms with van der Waals surface area (Å²) in [5, 5.41) is 15.7. The van der Waals surface area contributed by atoms with Gasteiger partial charge in [0.1, 0.15) is 5.82 Å². The zero-order valence-corrected chi connectivity index (χ0v) is 15.4. The molecule has 5 nitrogen and oxygen atoms in total. The maximum absolute atomic E-state index is 13.0. The van der Waals surface area contributed by atoms with Gasteiger partial charge in [0.25, 0.3) is 0 Å². The van der Waals surface area contributed by atoms with Crippen LogP contribution in [0.3, 0.4) is 0 Å². The molecule has 0 aliphatic rings.